The number of nitrogens with zero attached hydrogens (tertiary/aromatic N) is 1. The highest BCUT2D eigenvalue weighted by atomic mass is 16.5. The van der Waals surface area contributed by atoms with Gasteiger partial charge in [-0.05, 0) is 45.5 Å². The van der Waals surface area contributed by atoms with Crippen molar-refractivity contribution in [3.05, 3.63) is 46.1 Å². The minimum Gasteiger partial charge on any atom is -0.496 e. The van der Waals surface area contributed by atoms with Crippen molar-refractivity contribution < 1.29 is 13.9 Å². The van der Waals surface area contributed by atoms with Crippen LogP contribution in [0.4, 0.5) is 0 Å². The molecule has 6 nitrogen and oxygen atoms in total. The molecule has 1 aliphatic heterocycles. The Labute approximate surface area is 183 Å². The number of methoxy groups -OCH3 is 1. The van der Waals surface area contributed by atoms with E-state index in [-0.39, 0.29) is 11.5 Å². The van der Waals surface area contributed by atoms with Gasteiger partial charge in [-0.3, -0.25) is 4.79 Å². The van der Waals surface area contributed by atoms with Gasteiger partial charge in [0.25, 0.3) is 0 Å². The van der Waals surface area contributed by atoms with Gasteiger partial charge in [-0.15, -0.1) is 0 Å². The van der Waals surface area contributed by atoms with Crippen LogP contribution >= 0.6 is 0 Å². The van der Waals surface area contributed by atoms with Crippen molar-refractivity contribution in [2.24, 2.45) is 0 Å². The standard InChI is InChI=1S/C25H32N2O4/c1-6-27(7-2)13-12-26-21-14-17-19(31-25(21,3)4)15-20(29-5)22-23(28)16-10-8-9-11-18(16)30-24(17)22/h8-11,15,21,26H,6-7,12-14H2,1-5H3. The number of rotatable bonds is 7. The first-order valence-corrected chi connectivity index (χ1v) is 11.1. The Hall–Kier alpha value is -2.57. The summed E-state index contributed by atoms with van der Waals surface area (Å²) in [7, 11) is 1.57. The number of ether oxygens (including phenoxy) is 2. The number of hydrogen-bond donors (Lipinski definition) is 1. The normalized spacial score (nSPS) is 17.7. The van der Waals surface area contributed by atoms with Gasteiger partial charge < -0.3 is 24.1 Å². The van der Waals surface area contributed by atoms with Gasteiger partial charge >= 0.3 is 0 Å². The zero-order valence-electron chi connectivity index (χ0n) is 19.1. The van der Waals surface area contributed by atoms with E-state index in [0.717, 1.165) is 37.5 Å². The molecule has 1 unspecified atom stereocenters. The molecular formula is C25H32N2O4. The molecule has 0 aliphatic carbocycles. The summed E-state index contributed by atoms with van der Waals surface area (Å²) >= 11 is 0. The van der Waals surface area contributed by atoms with Crippen molar-refractivity contribution in [1.82, 2.24) is 10.2 Å². The van der Waals surface area contributed by atoms with E-state index in [4.69, 9.17) is 13.9 Å². The molecule has 0 bridgehead atoms. The Morgan fingerprint density at radius 2 is 1.97 bits per heavy atom. The number of hydrogen-bond acceptors (Lipinski definition) is 6. The number of likely N-dealkylation sites (N-methyl/N-ethyl adjacent to an activating group) is 1. The van der Waals surface area contributed by atoms with E-state index in [1.165, 1.54) is 0 Å². The second-order valence-corrected chi connectivity index (χ2v) is 8.63. The highest BCUT2D eigenvalue weighted by molar-refractivity contribution is 5.96. The zero-order valence-corrected chi connectivity index (χ0v) is 19.1. The van der Waals surface area contributed by atoms with E-state index >= 15 is 0 Å². The van der Waals surface area contributed by atoms with Crippen LogP contribution in [-0.2, 0) is 6.42 Å². The molecule has 1 atom stereocenters. The summed E-state index contributed by atoms with van der Waals surface area (Å²) in [6.07, 6.45) is 0.711. The Morgan fingerprint density at radius 1 is 1.23 bits per heavy atom. The van der Waals surface area contributed by atoms with E-state index in [1.807, 2.05) is 24.3 Å². The Bertz CT molecular complexity index is 1150. The molecule has 4 rings (SSSR count). The molecule has 31 heavy (non-hydrogen) atoms. The van der Waals surface area contributed by atoms with Gasteiger partial charge in [-0.1, -0.05) is 26.0 Å². The van der Waals surface area contributed by atoms with E-state index in [1.54, 1.807) is 13.2 Å². The molecule has 1 aliphatic rings. The summed E-state index contributed by atoms with van der Waals surface area (Å²) in [5, 5.41) is 4.71. The fraction of sp³-hybridized carbons (Fsp3) is 0.480. The van der Waals surface area contributed by atoms with Gasteiger partial charge in [0, 0.05) is 24.7 Å². The third-order valence-corrected chi connectivity index (χ3v) is 6.43. The second-order valence-electron chi connectivity index (χ2n) is 8.63. The molecule has 0 radical (unpaired) electrons. The summed E-state index contributed by atoms with van der Waals surface area (Å²) in [6.45, 7) is 12.5. The summed E-state index contributed by atoms with van der Waals surface area (Å²) in [6, 6.07) is 9.26. The first-order valence-electron chi connectivity index (χ1n) is 11.1. The fourth-order valence-electron chi connectivity index (χ4n) is 4.47. The maximum Gasteiger partial charge on any atom is 0.204 e. The average molecular weight is 425 g/mol. The van der Waals surface area contributed by atoms with Gasteiger partial charge in [0.2, 0.25) is 5.43 Å². The molecule has 0 saturated heterocycles. The monoisotopic (exact) mass is 424 g/mol. The summed E-state index contributed by atoms with van der Waals surface area (Å²) in [5.41, 5.74) is 1.56. The van der Waals surface area contributed by atoms with Crippen LogP contribution in [0.15, 0.2) is 39.5 Å². The summed E-state index contributed by atoms with van der Waals surface area (Å²) < 4.78 is 18.3. The first kappa shape index (κ1) is 21.7. The average Bonchev–Trinajstić information content (AvgIpc) is 2.76. The van der Waals surface area contributed by atoms with E-state index < -0.39 is 5.60 Å². The van der Waals surface area contributed by atoms with Gasteiger partial charge in [0.05, 0.1) is 18.5 Å². The van der Waals surface area contributed by atoms with Crippen molar-refractivity contribution in [2.75, 3.05) is 33.3 Å². The summed E-state index contributed by atoms with van der Waals surface area (Å²) in [5.74, 6) is 1.20. The van der Waals surface area contributed by atoms with Crippen LogP contribution in [0.5, 0.6) is 11.5 Å². The van der Waals surface area contributed by atoms with Crippen LogP contribution in [-0.4, -0.2) is 49.8 Å². The minimum absolute atomic E-state index is 0.0765. The largest absolute Gasteiger partial charge is 0.496 e. The van der Waals surface area contributed by atoms with Crippen LogP contribution in [0.25, 0.3) is 21.9 Å². The molecule has 2 aromatic carbocycles. The zero-order chi connectivity index (χ0) is 22.2. The smallest absolute Gasteiger partial charge is 0.204 e. The number of fused-ring (bicyclic) bond motifs is 4. The second kappa shape index (κ2) is 8.52. The number of para-hydroxylation sites is 1. The third-order valence-electron chi connectivity index (χ3n) is 6.43. The lowest BCUT2D eigenvalue weighted by Gasteiger charge is -2.41. The van der Waals surface area contributed by atoms with Crippen LogP contribution in [0.1, 0.15) is 33.3 Å². The lowest BCUT2D eigenvalue weighted by atomic mass is 9.87. The minimum atomic E-state index is -0.411. The molecular weight excluding hydrogens is 392 g/mol. The van der Waals surface area contributed by atoms with Gasteiger partial charge in [0.15, 0.2) is 0 Å². The predicted molar refractivity (Wildman–Crippen MR) is 125 cm³/mol. The maximum absolute atomic E-state index is 13.3. The molecule has 3 aromatic rings. The maximum atomic E-state index is 13.3. The number of nitrogens with one attached hydrogen (secondary N) is 1. The van der Waals surface area contributed by atoms with Crippen LogP contribution in [0, 0.1) is 0 Å². The highest BCUT2D eigenvalue weighted by Gasteiger charge is 2.39. The quantitative estimate of drug-likeness (QED) is 0.579. The predicted octanol–water partition coefficient (Wildman–Crippen LogP) is 3.97. The van der Waals surface area contributed by atoms with Crippen LogP contribution in [0.2, 0.25) is 0 Å². The van der Waals surface area contributed by atoms with Crippen molar-refractivity contribution >= 4 is 21.9 Å². The molecule has 2 heterocycles. The van der Waals surface area contributed by atoms with E-state index in [0.29, 0.717) is 34.1 Å². The van der Waals surface area contributed by atoms with Gasteiger partial charge in [-0.25, -0.2) is 0 Å². The molecule has 166 valence electrons. The SMILES string of the molecule is CCN(CC)CCNC1Cc2c(cc(OC)c3c(=O)c4ccccc4oc23)OC1(C)C. The molecule has 0 fully saturated rings. The van der Waals surface area contributed by atoms with Gasteiger partial charge in [0.1, 0.15) is 33.7 Å². The molecule has 0 amide bonds. The molecule has 6 heteroatoms. The molecule has 1 N–H and O–H groups in total. The van der Waals surface area contributed by atoms with E-state index in [2.05, 4.69) is 37.9 Å². The number of benzene rings is 2. The van der Waals surface area contributed by atoms with Crippen LogP contribution < -0.4 is 20.2 Å². The van der Waals surface area contributed by atoms with Crippen molar-refractivity contribution in [2.45, 2.75) is 45.8 Å². The summed E-state index contributed by atoms with van der Waals surface area (Å²) in [4.78, 5) is 15.7. The Kier molecular flexibility index (Phi) is 5.95. The topological polar surface area (TPSA) is 63.9 Å². The Morgan fingerprint density at radius 3 is 2.68 bits per heavy atom. The lowest BCUT2D eigenvalue weighted by molar-refractivity contribution is 0.0475. The highest BCUT2D eigenvalue weighted by Crippen LogP contribution is 2.42. The lowest BCUT2D eigenvalue weighted by Crippen LogP contribution is -2.55. The molecule has 1 aromatic heterocycles. The van der Waals surface area contributed by atoms with Crippen molar-refractivity contribution in [1.29, 1.82) is 0 Å². The van der Waals surface area contributed by atoms with Crippen molar-refractivity contribution in [3.63, 3.8) is 0 Å². The van der Waals surface area contributed by atoms with Crippen LogP contribution in [0.3, 0.4) is 0 Å². The van der Waals surface area contributed by atoms with Crippen molar-refractivity contribution in [3.8, 4) is 11.5 Å². The van der Waals surface area contributed by atoms with E-state index in [9.17, 15) is 4.79 Å². The first-order chi connectivity index (χ1) is 14.9. The molecule has 0 spiro atoms. The third kappa shape index (κ3) is 3.90. The molecule has 0 saturated carbocycles. The Balaban J connectivity index is 1.78. The fourth-order valence-corrected chi connectivity index (χ4v) is 4.47. The van der Waals surface area contributed by atoms with Gasteiger partial charge in [-0.2, -0.15) is 0 Å².